The topological polar surface area (TPSA) is 65.4 Å². The Hall–Kier alpha value is -1.30. The SMILES string of the molecule is C/N=C1/OC(=O)N(C)C(O)N1C. The summed E-state index contributed by atoms with van der Waals surface area (Å²) in [4.78, 5) is 17.0. The van der Waals surface area contributed by atoms with Crippen LogP contribution in [-0.4, -0.2) is 54.5 Å². The van der Waals surface area contributed by atoms with Crippen molar-refractivity contribution in [2.24, 2.45) is 4.99 Å². The molecular weight excluding hydrogens is 162 g/mol. The summed E-state index contributed by atoms with van der Waals surface area (Å²) in [6, 6.07) is 0.116. The van der Waals surface area contributed by atoms with E-state index in [9.17, 15) is 9.90 Å². The van der Waals surface area contributed by atoms with Crippen LogP contribution < -0.4 is 0 Å². The Balaban J connectivity index is 2.85. The fourth-order valence-corrected chi connectivity index (χ4v) is 0.878. The molecular formula is C6H11N3O3. The molecule has 6 nitrogen and oxygen atoms in total. The fraction of sp³-hybridized carbons (Fsp3) is 0.667. The van der Waals surface area contributed by atoms with Gasteiger partial charge in [-0.15, -0.1) is 0 Å². The predicted molar refractivity (Wildman–Crippen MR) is 41.4 cm³/mol. The van der Waals surface area contributed by atoms with Crippen molar-refractivity contribution in [3.63, 3.8) is 0 Å². The number of rotatable bonds is 0. The van der Waals surface area contributed by atoms with E-state index in [0.717, 1.165) is 4.90 Å². The van der Waals surface area contributed by atoms with Gasteiger partial charge in [-0.2, -0.15) is 0 Å². The maximum absolute atomic E-state index is 11.0. The van der Waals surface area contributed by atoms with Crippen LogP contribution in [-0.2, 0) is 4.74 Å². The lowest BCUT2D eigenvalue weighted by atomic mass is 10.6. The van der Waals surface area contributed by atoms with Gasteiger partial charge in [0.05, 0.1) is 0 Å². The molecule has 1 rings (SSSR count). The number of carbonyl (C=O) groups excluding carboxylic acids is 1. The van der Waals surface area contributed by atoms with E-state index in [1.807, 2.05) is 0 Å². The largest absolute Gasteiger partial charge is 0.420 e. The van der Waals surface area contributed by atoms with Gasteiger partial charge in [0.1, 0.15) is 0 Å². The van der Waals surface area contributed by atoms with Crippen LogP contribution in [0.4, 0.5) is 4.79 Å². The summed E-state index contributed by atoms with van der Waals surface area (Å²) in [5.41, 5.74) is 0. The van der Waals surface area contributed by atoms with E-state index in [0.29, 0.717) is 0 Å². The molecule has 6 heteroatoms. The fourth-order valence-electron chi connectivity index (χ4n) is 0.878. The maximum atomic E-state index is 11.0. The number of nitrogens with zero attached hydrogens (tertiary/aromatic N) is 3. The quantitative estimate of drug-likeness (QED) is 0.524. The molecule has 0 saturated carbocycles. The van der Waals surface area contributed by atoms with Gasteiger partial charge in [0.2, 0.25) is 6.35 Å². The molecule has 0 aromatic rings. The minimum absolute atomic E-state index is 0.116. The number of amides is 1. The van der Waals surface area contributed by atoms with Crippen LogP contribution in [0.5, 0.6) is 0 Å². The lowest BCUT2D eigenvalue weighted by Crippen LogP contribution is -2.56. The standard InChI is InChI=1S/C6H11N3O3/c1-7-4-8(2)5(10)9(3)6(11)12-4/h5,10H,1-3H3/b7-4+. The van der Waals surface area contributed by atoms with E-state index in [2.05, 4.69) is 4.99 Å². The molecule has 0 aromatic heterocycles. The van der Waals surface area contributed by atoms with Crippen molar-refractivity contribution in [2.75, 3.05) is 21.1 Å². The lowest BCUT2D eigenvalue weighted by Gasteiger charge is -2.36. The minimum atomic E-state index is -1.01. The monoisotopic (exact) mass is 173 g/mol. The number of hydrogen-bond donors (Lipinski definition) is 1. The highest BCUT2D eigenvalue weighted by atomic mass is 16.6. The highest BCUT2D eigenvalue weighted by Crippen LogP contribution is 2.09. The molecule has 0 bridgehead atoms. The number of hydrogen-bond acceptors (Lipinski definition) is 4. The lowest BCUT2D eigenvalue weighted by molar-refractivity contribution is -0.0726. The van der Waals surface area contributed by atoms with E-state index >= 15 is 0 Å². The zero-order valence-corrected chi connectivity index (χ0v) is 7.18. The number of aliphatic hydroxyl groups is 1. The van der Waals surface area contributed by atoms with Gasteiger partial charge in [0.25, 0.3) is 6.02 Å². The predicted octanol–water partition coefficient (Wildman–Crippen LogP) is -0.738. The molecule has 1 aliphatic rings. The summed E-state index contributed by atoms with van der Waals surface area (Å²) in [6.45, 7) is 0. The highest BCUT2D eigenvalue weighted by Gasteiger charge is 2.32. The molecule has 1 aliphatic heterocycles. The van der Waals surface area contributed by atoms with Crippen molar-refractivity contribution in [1.82, 2.24) is 9.80 Å². The smallest absolute Gasteiger partial charge is 0.376 e. The Labute approximate surface area is 70.0 Å². The first-order valence-electron chi connectivity index (χ1n) is 3.40. The number of aliphatic hydroxyl groups excluding tert-OH is 1. The molecule has 0 aliphatic carbocycles. The summed E-state index contributed by atoms with van der Waals surface area (Å²) in [6.07, 6.45) is -1.62. The third-order valence-electron chi connectivity index (χ3n) is 1.65. The molecule has 0 aromatic carbocycles. The highest BCUT2D eigenvalue weighted by molar-refractivity contribution is 5.88. The summed E-state index contributed by atoms with van der Waals surface area (Å²) in [5.74, 6) is 0. The van der Waals surface area contributed by atoms with Crippen molar-refractivity contribution < 1.29 is 14.6 Å². The summed E-state index contributed by atoms with van der Waals surface area (Å²) in [7, 11) is 4.50. The second kappa shape index (κ2) is 2.98. The molecule has 1 amide bonds. The third kappa shape index (κ3) is 1.20. The number of ether oxygens (including phenoxy) is 1. The van der Waals surface area contributed by atoms with E-state index in [1.54, 1.807) is 7.05 Å². The summed E-state index contributed by atoms with van der Waals surface area (Å²) >= 11 is 0. The Morgan fingerprint density at radius 2 is 2.08 bits per heavy atom. The Kier molecular flexibility index (Phi) is 2.18. The van der Waals surface area contributed by atoms with Crippen molar-refractivity contribution in [1.29, 1.82) is 0 Å². The molecule has 0 radical (unpaired) electrons. The van der Waals surface area contributed by atoms with Crippen LogP contribution >= 0.6 is 0 Å². The van der Waals surface area contributed by atoms with Crippen LogP contribution in [0.25, 0.3) is 0 Å². The van der Waals surface area contributed by atoms with Crippen LogP contribution in [0.3, 0.4) is 0 Å². The number of cyclic esters (lactones) is 1. The van der Waals surface area contributed by atoms with Gasteiger partial charge < -0.3 is 9.84 Å². The average molecular weight is 173 g/mol. The Morgan fingerprint density at radius 3 is 2.58 bits per heavy atom. The first kappa shape index (κ1) is 8.79. The van der Waals surface area contributed by atoms with Gasteiger partial charge >= 0.3 is 6.09 Å². The molecule has 68 valence electrons. The normalized spacial score (nSPS) is 27.8. The van der Waals surface area contributed by atoms with Gasteiger partial charge in [0.15, 0.2) is 0 Å². The Bertz CT molecular complexity index is 228. The molecule has 12 heavy (non-hydrogen) atoms. The second-order valence-corrected chi connectivity index (χ2v) is 2.44. The first-order chi connectivity index (χ1) is 5.57. The number of aliphatic imine (C=N–C) groups is 1. The average Bonchev–Trinajstić information content (AvgIpc) is 2.08. The van der Waals surface area contributed by atoms with E-state index in [1.165, 1.54) is 19.0 Å². The zero-order chi connectivity index (χ0) is 9.30. The van der Waals surface area contributed by atoms with Gasteiger partial charge in [-0.05, 0) is 0 Å². The summed E-state index contributed by atoms with van der Waals surface area (Å²) < 4.78 is 4.73. The van der Waals surface area contributed by atoms with Crippen molar-refractivity contribution in [3.05, 3.63) is 0 Å². The van der Waals surface area contributed by atoms with Crippen LogP contribution in [0, 0.1) is 0 Å². The van der Waals surface area contributed by atoms with Crippen molar-refractivity contribution in [3.8, 4) is 0 Å². The maximum Gasteiger partial charge on any atom is 0.420 e. The molecule has 1 N–H and O–H groups in total. The van der Waals surface area contributed by atoms with Crippen molar-refractivity contribution >= 4 is 12.1 Å². The number of amidine groups is 1. The van der Waals surface area contributed by atoms with E-state index in [4.69, 9.17) is 4.74 Å². The molecule has 1 heterocycles. The molecule has 1 fully saturated rings. The van der Waals surface area contributed by atoms with Gasteiger partial charge in [0, 0.05) is 21.1 Å². The molecule has 1 saturated heterocycles. The molecule has 0 spiro atoms. The first-order valence-corrected chi connectivity index (χ1v) is 3.40. The van der Waals surface area contributed by atoms with Crippen molar-refractivity contribution in [2.45, 2.75) is 6.35 Å². The van der Waals surface area contributed by atoms with E-state index in [-0.39, 0.29) is 6.02 Å². The number of carbonyl (C=O) groups is 1. The summed E-state index contributed by atoms with van der Waals surface area (Å²) in [5, 5.41) is 9.39. The van der Waals surface area contributed by atoms with Gasteiger partial charge in [-0.3, -0.25) is 9.80 Å². The van der Waals surface area contributed by atoms with Crippen LogP contribution in [0.1, 0.15) is 0 Å². The van der Waals surface area contributed by atoms with Crippen LogP contribution in [0.2, 0.25) is 0 Å². The third-order valence-corrected chi connectivity index (χ3v) is 1.65. The van der Waals surface area contributed by atoms with Gasteiger partial charge in [-0.25, -0.2) is 9.79 Å². The Morgan fingerprint density at radius 1 is 1.50 bits per heavy atom. The molecule has 1 unspecified atom stereocenters. The second-order valence-electron chi connectivity index (χ2n) is 2.44. The van der Waals surface area contributed by atoms with Crippen LogP contribution in [0.15, 0.2) is 4.99 Å². The molecule has 1 atom stereocenters. The minimum Gasteiger partial charge on any atom is -0.376 e. The van der Waals surface area contributed by atoms with Gasteiger partial charge in [-0.1, -0.05) is 0 Å². The van der Waals surface area contributed by atoms with E-state index < -0.39 is 12.4 Å². The zero-order valence-electron chi connectivity index (χ0n) is 7.18.